The van der Waals surface area contributed by atoms with Gasteiger partial charge in [-0.2, -0.15) is 0 Å². The number of aryl methyl sites for hydroxylation is 1. The van der Waals surface area contributed by atoms with E-state index in [-0.39, 0.29) is 11.3 Å². The van der Waals surface area contributed by atoms with E-state index < -0.39 is 10.5 Å². The highest BCUT2D eigenvalue weighted by molar-refractivity contribution is 9.10. The molecule has 0 bridgehead atoms. The molecular formula is C10H6BrNO4. The van der Waals surface area contributed by atoms with E-state index in [0.717, 1.165) is 0 Å². The summed E-state index contributed by atoms with van der Waals surface area (Å²) in [7, 11) is 0. The predicted molar refractivity (Wildman–Crippen MR) is 61.6 cm³/mol. The molecule has 0 aliphatic carbocycles. The van der Waals surface area contributed by atoms with Crippen LogP contribution < -0.4 is 5.63 Å². The second kappa shape index (κ2) is 3.71. The van der Waals surface area contributed by atoms with Gasteiger partial charge in [-0.25, -0.2) is 4.79 Å². The van der Waals surface area contributed by atoms with E-state index in [4.69, 9.17) is 4.42 Å². The maximum atomic E-state index is 11.3. The smallest absolute Gasteiger partial charge is 0.339 e. The van der Waals surface area contributed by atoms with Gasteiger partial charge in [0, 0.05) is 21.5 Å². The zero-order valence-electron chi connectivity index (χ0n) is 8.19. The maximum Gasteiger partial charge on any atom is 0.339 e. The van der Waals surface area contributed by atoms with Crippen molar-refractivity contribution in [3.05, 3.63) is 48.8 Å². The summed E-state index contributed by atoms with van der Waals surface area (Å²) in [6, 6.07) is 4.54. The molecule has 1 aromatic carbocycles. The van der Waals surface area contributed by atoms with Crippen LogP contribution in [-0.4, -0.2) is 4.92 Å². The van der Waals surface area contributed by atoms with Gasteiger partial charge in [-0.05, 0) is 19.1 Å². The summed E-state index contributed by atoms with van der Waals surface area (Å²) in [6.45, 7) is 1.60. The first kappa shape index (κ1) is 10.8. The molecule has 0 N–H and O–H groups in total. The van der Waals surface area contributed by atoms with Crippen molar-refractivity contribution < 1.29 is 9.34 Å². The molecule has 0 atom stereocenters. The zero-order chi connectivity index (χ0) is 11.9. The third kappa shape index (κ3) is 1.71. The van der Waals surface area contributed by atoms with Crippen molar-refractivity contribution in [2.24, 2.45) is 0 Å². The van der Waals surface area contributed by atoms with Crippen molar-refractivity contribution >= 4 is 32.6 Å². The van der Waals surface area contributed by atoms with Crippen LogP contribution in [0.2, 0.25) is 0 Å². The van der Waals surface area contributed by atoms with Crippen LogP contribution in [0.25, 0.3) is 11.0 Å². The molecule has 0 aliphatic heterocycles. The van der Waals surface area contributed by atoms with Crippen molar-refractivity contribution in [3.8, 4) is 0 Å². The van der Waals surface area contributed by atoms with Crippen LogP contribution >= 0.6 is 15.9 Å². The summed E-state index contributed by atoms with van der Waals surface area (Å²) in [5.41, 5.74) is -0.358. The molecule has 6 heteroatoms. The van der Waals surface area contributed by atoms with Crippen LogP contribution in [0.5, 0.6) is 0 Å². The highest BCUT2D eigenvalue weighted by atomic mass is 79.9. The molecule has 82 valence electrons. The van der Waals surface area contributed by atoms with E-state index >= 15 is 0 Å². The SMILES string of the molecule is Cc1cc2cc(Br)cc([N+](=O)[O-])c2oc1=O. The molecule has 2 rings (SSSR count). The van der Waals surface area contributed by atoms with Gasteiger partial charge in [-0.1, -0.05) is 15.9 Å². The minimum absolute atomic E-state index is 0.00352. The molecule has 0 fully saturated rings. The molecular weight excluding hydrogens is 278 g/mol. The number of hydrogen-bond acceptors (Lipinski definition) is 4. The lowest BCUT2D eigenvalue weighted by molar-refractivity contribution is -0.383. The van der Waals surface area contributed by atoms with Gasteiger partial charge in [-0.3, -0.25) is 10.1 Å². The second-order valence-corrected chi connectivity index (χ2v) is 4.23. The van der Waals surface area contributed by atoms with Gasteiger partial charge in [-0.15, -0.1) is 0 Å². The second-order valence-electron chi connectivity index (χ2n) is 3.32. The lowest BCUT2D eigenvalue weighted by atomic mass is 10.2. The molecule has 0 spiro atoms. The zero-order valence-corrected chi connectivity index (χ0v) is 9.78. The number of nitro benzene ring substituents is 1. The molecule has 0 aliphatic rings. The quantitative estimate of drug-likeness (QED) is 0.458. The number of rotatable bonds is 1. The molecule has 0 amide bonds. The standard InChI is InChI=1S/C10H6BrNO4/c1-5-2-6-3-7(11)4-8(12(14)15)9(6)16-10(5)13/h2-4H,1H3. The summed E-state index contributed by atoms with van der Waals surface area (Å²) in [6.07, 6.45) is 0. The van der Waals surface area contributed by atoms with Crippen LogP contribution in [-0.2, 0) is 0 Å². The average molecular weight is 284 g/mol. The first-order chi connectivity index (χ1) is 7.49. The minimum Gasteiger partial charge on any atom is -0.415 e. The molecule has 0 saturated carbocycles. The van der Waals surface area contributed by atoms with E-state index in [0.29, 0.717) is 15.4 Å². The number of nitrogens with zero attached hydrogens (tertiary/aromatic N) is 1. The van der Waals surface area contributed by atoms with E-state index in [1.54, 1.807) is 19.1 Å². The lowest BCUT2D eigenvalue weighted by Gasteiger charge is -2.00. The van der Waals surface area contributed by atoms with Gasteiger partial charge in [0.05, 0.1) is 4.92 Å². The van der Waals surface area contributed by atoms with Crippen molar-refractivity contribution in [2.45, 2.75) is 6.92 Å². The van der Waals surface area contributed by atoms with Gasteiger partial charge in [0.15, 0.2) is 0 Å². The van der Waals surface area contributed by atoms with Crippen LogP contribution in [0.15, 0.2) is 31.9 Å². The molecule has 5 nitrogen and oxygen atoms in total. The molecule has 16 heavy (non-hydrogen) atoms. The normalized spacial score (nSPS) is 10.6. The van der Waals surface area contributed by atoms with Gasteiger partial charge in [0.1, 0.15) is 0 Å². The third-order valence-corrected chi connectivity index (χ3v) is 2.61. The number of nitro groups is 1. The fraction of sp³-hybridized carbons (Fsp3) is 0.100. The molecule has 1 heterocycles. The Morgan fingerprint density at radius 1 is 1.38 bits per heavy atom. The summed E-state index contributed by atoms with van der Waals surface area (Å²) in [5.74, 6) is 0. The topological polar surface area (TPSA) is 73.3 Å². The molecule has 0 saturated heterocycles. The Morgan fingerprint density at radius 3 is 2.69 bits per heavy atom. The van der Waals surface area contributed by atoms with Crippen LogP contribution in [0.4, 0.5) is 5.69 Å². The van der Waals surface area contributed by atoms with E-state index in [9.17, 15) is 14.9 Å². The lowest BCUT2D eigenvalue weighted by Crippen LogP contribution is -2.03. The van der Waals surface area contributed by atoms with Gasteiger partial charge >= 0.3 is 11.3 Å². The number of benzene rings is 1. The monoisotopic (exact) mass is 283 g/mol. The highest BCUT2D eigenvalue weighted by Gasteiger charge is 2.16. The van der Waals surface area contributed by atoms with Crippen molar-refractivity contribution in [1.29, 1.82) is 0 Å². The number of halogens is 1. The molecule has 0 unspecified atom stereocenters. The Morgan fingerprint density at radius 2 is 2.06 bits per heavy atom. The number of non-ortho nitro benzene ring substituents is 1. The third-order valence-electron chi connectivity index (χ3n) is 2.15. The largest absolute Gasteiger partial charge is 0.415 e. The highest BCUT2D eigenvalue weighted by Crippen LogP contribution is 2.29. The van der Waals surface area contributed by atoms with Crippen molar-refractivity contribution in [3.63, 3.8) is 0 Å². The van der Waals surface area contributed by atoms with Gasteiger partial charge in [0.25, 0.3) is 0 Å². The van der Waals surface area contributed by atoms with Gasteiger partial charge < -0.3 is 4.42 Å². The van der Waals surface area contributed by atoms with Gasteiger partial charge in [0.2, 0.25) is 5.58 Å². The van der Waals surface area contributed by atoms with Crippen LogP contribution in [0, 0.1) is 17.0 Å². The molecule has 0 radical (unpaired) electrons. The number of hydrogen-bond donors (Lipinski definition) is 0. The Labute approximate surface area is 98.0 Å². The van der Waals surface area contributed by atoms with E-state index in [1.807, 2.05) is 0 Å². The average Bonchev–Trinajstić information content (AvgIpc) is 2.19. The summed E-state index contributed by atoms with van der Waals surface area (Å²) in [4.78, 5) is 21.5. The Hall–Kier alpha value is -1.69. The van der Waals surface area contributed by atoms with E-state index in [1.165, 1.54) is 6.07 Å². The Bertz CT molecular complexity index is 647. The fourth-order valence-electron chi connectivity index (χ4n) is 1.42. The van der Waals surface area contributed by atoms with Crippen LogP contribution in [0.1, 0.15) is 5.56 Å². The summed E-state index contributed by atoms with van der Waals surface area (Å²) in [5, 5.41) is 11.3. The van der Waals surface area contributed by atoms with Crippen LogP contribution in [0.3, 0.4) is 0 Å². The summed E-state index contributed by atoms with van der Waals surface area (Å²) < 4.78 is 5.49. The Kier molecular flexibility index (Phi) is 2.51. The fourth-order valence-corrected chi connectivity index (χ4v) is 1.88. The first-order valence-electron chi connectivity index (χ1n) is 4.37. The molecule has 1 aromatic heterocycles. The minimum atomic E-state index is -0.578. The Balaban J connectivity index is 2.96. The van der Waals surface area contributed by atoms with Crippen molar-refractivity contribution in [2.75, 3.05) is 0 Å². The maximum absolute atomic E-state index is 11.3. The predicted octanol–water partition coefficient (Wildman–Crippen LogP) is 2.77. The van der Waals surface area contributed by atoms with Crippen molar-refractivity contribution in [1.82, 2.24) is 0 Å². The summed E-state index contributed by atoms with van der Waals surface area (Å²) >= 11 is 3.17. The number of fused-ring (bicyclic) bond motifs is 1. The molecule has 2 aromatic rings. The van der Waals surface area contributed by atoms with E-state index in [2.05, 4.69) is 15.9 Å². The first-order valence-corrected chi connectivity index (χ1v) is 5.17.